The second-order valence-corrected chi connectivity index (χ2v) is 9.04. The molecule has 0 saturated heterocycles. The zero-order chi connectivity index (χ0) is 24.6. The molecule has 1 amide bonds. The molecule has 7 heteroatoms. The van der Waals surface area contributed by atoms with E-state index < -0.39 is 0 Å². The number of amides is 1. The summed E-state index contributed by atoms with van der Waals surface area (Å²) in [6.45, 7) is 6.18. The van der Waals surface area contributed by atoms with Crippen LogP contribution in [0.2, 0.25) is 0 Å². The predicted molar refractivity (Wildman–Crippen MR) is 142 cm³/mol. The van der Waals surface area contributed by atoms with E-state index in [0.717, 1.165) is 35.5 Å². The van der Waals surface area contributed by atoms with E-state index in [-0.39, 0.29) is 17.7 Å². The van der Waals surface area contributed by atoms with Gasteiger partial charge in [-0.15, -0.1) is 10.2 Å². The summed E-state index contributed by atoms with van der Waals surface area (Å²) in [6, 6.07) is 28.0. The number of hydrogen-bond donors (Lipinski definition) is 0. The molecule has 0 aliphatic carbocycles. The maximum absolute atomic E-state index is 13.2. The van der Waals surface area contributed by atoms with Gasteiger partial charge in [0.05, 0.1) is 11.8 Å². The average molecular weight is 487 g/mol. The smallest absolute Gasteiger partial charge is 0.277 e. The highest BCUT2D eigenvalue weighted by molar-refractivity contribution is 7.99. The maximum Gasteiger partial charge on any atom is 0.277 e. The largest absolute Gasteiger partial charge is 0.411 e. The number of nitrogens with zero attached hydrogens (tertiary/aromatic N) is 4. The minimum absolute atomic E-state index is 0.0176. The predicted octanol–water partition coefficient (Wildman–Crippen LogP) is 5.92. The second kappa shape index (κ2) is 11.7. The van der Waals surface area contributed by atoms with E-state index in [0.29, 0.717) is 11.1 Å². The van der Waals surface area contributed by atoms with Crippen molar-refractivity contribution in [2.24, 2.45) is 0 Å². The molecule has 0 aliphatic heterocycles. The van der Waals surface area contributed by atoms with Crippen LogP contribution in [-0.2, 0) is 4.79 Å². The van der Waals surface area contributed by atoms with Gasteiger partial charge in [0.2, 0.25) is 11.8 Å². The highest BCUT2D eigenvalue weighted by Gasteiger charge is 2.24. The van der Waals surface area contributed by atoms with Gasteiger partial charge in [0.15, 0.2) is 0 Å². The van der Waals surface area contributed by atoms with E-state index in [9.17, 15) is 4.79 Å². The van der Waals surface area contributed by atoms with Crippen molar-refractivity contribution in [1.29, 1.82) is 0 Å². The van der Waals surface area contributed by atoms with Gasteiger partial charge in [-0.25, -0.2) is 0 Å². The van der Waals surface area contributed by atoms with Crippen molar-refractivity contribution in [1.82, 2.24) is 15.1 Å². The number of carbonyl (C=O) groups excluding carboxylic acids is 1. The average Bonchev–Trinajstić information content (AvgIpc) is 3.39. The van der Waals surface area contributed by atoms with Crippen molar-refractivity contribution >= 4 is 23.4 Å². The molecule has 0 fully saturated rings. The molecule has 4 aromatic rings. The number of carbonyl (C=O) groups is 1. The molecule has 0 atom stereocenters. The Morgan fingerprint density at radius 1 is 0.857 bits per heavy atom. The molecule has 35 heavy (non-hydrogen) atoms. The molecule has 0 unspecified atom stereocenters. The summed E-state index contributed by atoms with van der Waals surface area (Å²) < 4.78 is 5.84. The number of hydrogen-bond acceptors (Lipinski definition) is 6. The summed E-state index contributed by atoms with van der Waals surface area (Å²) in [4.78, 5) is 17.2. The van der Waals surface area contributed by atoms with Crippen LogP contribution in [0.5, 0.6) is 0 Å². The molecule has 0 spiro atoms. The van der Waals surface area contributed by atoms with Gasteiger partial charge in [-0.05, 0) is 49.2 Å². The fourth-order valence-electron chi connectivity index (χ4n) is 4.07. The molecular formula is C28H30N4O2S. The van der Waals surface area contributed by atoms with Crippen molar-refractivity contribution in [2.45, 2.75) is 25.1 Å². The van der Waals surface area contributed by atoms with Crippen molar-refractivity contribution in [2.75, 3.05) is 30.8 Å². The van der Waals surface area contributed by atoms with Crippen LogP contribution in [0.25, 0.3) is 11.5 Å². The van der Waals surface area contributed by atoms with E-state index in [1.807, 2.05) is 79.8 Å². The number of anilines is 1. The first kappa shape index (κ1) is 24.5. The number of thioether (sulfide) groups is 1. The first-order valence-corrected chi connectivity index (χ1v) is 12.8. The lowest BCUT2D eigenvalue weighted by atomic mass is 9.97. The molecule has 0 saturated carbocycles. The Kier molecular flexibility index (Phi) is 8.21. The van der Waals surface area contributed by atoms with Crippen LogP contribution in [0.3, 0.4) is 0 Å². The number of aromatic nitrogens is 2. The third-order valence-corrected chi connectivity index (χ3v) is 6.78. The second-order valence-electron chi connectivity index (χ2n) is 8.11. The van der Waals surface area contributed by atoms with Gasteiger partial charge in [0.1, 0.15) is 0 Å². The Bertz CT molecular complexity index is 1170. The summed E-state index contributed by atoms with van der Waals surface area (Å²) in [7, 11) is 1.84. The van der Waals surface area contributed by atoms with Crippen LogP contribution in [0.1, 0.15) is 31.0 Å². The van der Waals surface area contributed by atoms with Crippen LogP contribution in [0, 0.1) is 0 Å². The molecule has 4 rings (SSSR count). The minimum atomic E-state index is -0.173. The Morgan fingerprint density at radius 3 is 1.97 bits per heavy atom. The summed E-state index contributed by atoms with van der Waals surface area (Å²) in [5.41, 5.74) is 4.14. The van der Waals surface area contributed by atoms with Crippen molar-refractivity contribution in [3.05, 3.63) is 96.1 Å². The van der Waals surface area contributed by atoms with Gasteiger partial charge >= 0.3 is 0 Å². The lowest BCUT2D eigenvalue weighted by Gasteiger charge is -2.29. The normalized spacial score (nSPS) is 11.0. The maximum atomic E-state index is 13.2. The summed E-state index contributed by atoms with van der Waals surface area (Å²) in [5.74, 6) is 0.636. The summed E-state index contributed by atoms with van der Waals surface area (Å²) in [5, 5.41) is 8.70. The van der Waals surface area contributed by atoms with Gasteiger partial charge in [0, 0.05) is 31.4 Å². The number of benzene rings is 3. The van der Waals surface area contributed by atoms with Gasteiger partial charge in [-0.1, -0.05) is 72.4 Å². The zero-order valence-electron chi connectivity index (χ0n) is 20.3. The zero-order valence-corrected chi connectivity index (χ0v) is 21.1. The van der Waals surface area contributed by atoms with Gasteiger partial charge < -0.3 is 14.2 Å². The quantitative estimate of drug-likeness (QED) is 0.259. The van der Waals surface area contributed by atoms with E-state index in [1.54, 1.807) is 4.90 Å². The molecule has 0 aliphatic rings. The Balaban J connectivity index is 1.43. The molecule has 0 N–H and O–H groups in total. The monoisotopic (exact) mass is 486 g/mol. The Labute approximate surface area is 211 Å². The van der Waals surface area contributed by atoms with Crippen molar-refractivity contribution in [3.8, 4) is 11.5 Å². The first-order valence-electron chi connectivity index (χ1n) is 11.8. The first-order chi connectivity index (χ1) is 17.1. The molecule has 180 valence electrons. The van der Waals surface area contributed by atoms with Gasteiger partial charge in [-0.3, -0.25) is 4.79 Å². The SMILES string of the molecule is CCN(CC)c1ccc(-c2nnc(SCC(=O)N(C)C(c3ccccc3)c3ccccc3)o2)cc1. The van der Waals surface area contributed by atoms with Crippen LogP contribution in [-0.4, -0.2) is 46.9 Å². The van der Waals surface area contributed by atoms with Gasteiger partial charge in [-0.2, -0.15) is 0 Å². The molecule has 0 radical (unpaired) electrons. The van der Waals surface area contributed by atoms with E-state index >= 15 is 0 Å². The van der Waals surface area contributed by atoms with E-state index in [2.05, 4.69) is 41.1 Å². The topological polar surface area (TPSA) is 62.5 Å². The molecular weight excluding hydrogens is 456 g/mol. The van der Waals surface area contributed by atoms with E-state index in [4.69, 9.17) is 4.42 Å². The van der Waals surface area contributed by atoms with Crippen LogP contribution in [0.15, 0.2) is 94.6 Å². The fourth-order valence-corrected chi connectivity index (χ4v) is 4.75. The lowest BCUT2D eigenvalue weighted by molar-refractivity contribution is -0.128. The third kappa shape index (κ3) is 5.92. The summed E-state index contributed by atoms with van der Waals surface area (Å²) in [6.07, 6.45) is 0. The minimum Gasteiger partial charge on any atom is -0.411 e. The highest BCUT2D eigenvalue weighted by Crippen LogP contribution is 2.29. The van der Waals surface area contributed by atoms with Crippen molar-refractivity contribution < 1.29 is 9.21 Å². The van der Waals surface area contributed by atoms with E-state index in [1.165, 1.54) is 11.8 Å². The molecule has 3 aromatic carbocycles. The van der Waals surface area contributed by atoms with Gasteiger partial charge in [0.25, 0.3) is 5.22 Å². The van der Waals surface area contributed by atoms with Crippen LogP contribution >= 0.6 is 11.8 Å². The fraction of sp³-hybridized carbons (Fsp3) is 0.250. The Hall–Kier alpha value is -3.58. The van der Waals surface area contributed by atoms with Crippen molar-refractivity contribution in [3.63, 3.8) is 0 Å². The Morgan fingerprint density at radius 2 is 1.43 bits per heavy atom. The summed E-state index contributed by atoms with van der Waals surface area (Å²) >= 11 is 1.26. The molecule has 1 heterocycles. The molecule has 0 bridgehead atoms. The highest BCUT2D eigenvalue weighted by atomic mass is 32.2. The molecule has 6 nitrogen and oxygen atoms in total. The molecule has 1 aromatic heterocycles. The standard InChI is InChI=1S/C28H30N4O2S/c1-4-32(5-2)24-18-16-23(17-19-24)27-29-30-28(34-27)35-20-25(33)31(3)26(21-12-8-6-9-13-21)22-14-10-7-11-15-22/h6-19,26H,4-5,20H2,1-3H3. The van der Waals surface area contributed by atoms with Crippen LogP contribution < -0.4 is 4.90 Å². The lowest BCUT2D eigenvalue weighted by Crippen LogP contribution is -2.33. The number of rotatable bonds is 10. The third-order valence-electron chi connectivity index (χ3n) is 5.98. The van der Waals surface area contributed by atoms with Crippen LogP contribution in [0.4, 0.5) is 5.69 Å².